The number of nitrogens with two attached hydrogens (primary N) is 1. The summed E-state index contributed by atoms with van der Waals surface area (Å²) in [6.45, 7) is 2.79. The molecular formula is C14H21N3O3. The van der Waals surface area contributed by atoms with E-state index in [2.05, 4.69) is 10.2 Å². The fourth-order valence-corrected chi connectivity index (χ4v) is 2.25. The third-order valence-electron chi connectivity index (χ3n) is 3.41. The molecular weight excluding hydrogens is 258 g/mol. The Morgan fingerprint density at radius 2 is 1.90 bits per heavy atom. The van der Waals surface area contributed by atoms with E-state index in [9.17, 15) is 4.79 Å². The lowest BCUT2D eigenvalue weighted by atomic mass is 10.1. The van der Waals surface area contributed by atoms with Gasteiger partial charge in [0.2, 0.25) is 5.91 Å². The largest absolute Gasteiger partial charge is 0.383 e. The zero-order chi connectivity index (χ0) is 14.5. The van der Waals surface area contributed by atoms with Gasteiger partial charge in [0.1, 0.15) is 6.04 Å². The van der Waals surface area contributed by atoms with E-state index in [0.29, 0.717) is 13.2 Å². The highest BCUT2D eigenvalue weighted by atomic mass is 16.5. The molecule has 1 aliphatic rings. The van der Waals surface area contributed by atoms with Crippen LogP contribution in [-0.2, 0) is 14.3 Å². The van der Waals surface area contributed by atoms with E-state index in [4.69, 9.17) is 15.2 Å². The van der Waals surface area contributed by atoms with Crippen LogP contribution in [-0.4, -0.2) is 46.4 Å². The SMILES string of the molecule is COCCN(CCOC)c1ccc2c(c1)NC(=O)C2N. The molecule has 0 bridgehead atoms. The maximum Gasteiger partial charge on any atom is 0.245 e. The van der Waals surface area contributed by atoms with Gasteiger partial charge in [-0.25, -0.2) is 0 Å². The van der Waals surface area contributed by atoms with Gasteiger partial charge in [-0.2, -0.15) is 0 Å². The van der Waals surface area contributed by atoms with Crippen molar-refractivity contribution in [2.45, 2.75) is 6.04 Å². The first-order valence-electron chi connectivity index (χ1n) is 6.60. The molecule has 0 aromatic heterocycles. The number of amides is 1. The van der Waals surface area contributed by atoms with Crippen molar-refractivity contribution in [1.29, 1.82) is 0 Å². The molecule has 6 heteroatoms. The lowest BCUT2D eigenvalue weighted by Gasteiger charge is -2.24. The maximum atomic E-state index is 11.6. The highest BCUT2D eigenvalue weighted by molar-refractivity contribution is 6.02. The molecule has 6 nitrogen and oxygen atoms in total. The van der Waals surface area contributed by atoms with Gasteiger partial charge in [0.05, 0.1) is 13.2 Å². The topological polar surface area (TPSA) is 76.8 Å². The number of ether oxygens (including phenoxy) is 2. The molecule has 0 saturated heterocycles. The first-order valence-corrected chi connectivity index (χ1v) is 6.60. The number of benzene rings is 1. The Morgan fingerprint density at radius 3 is 2.50 bits per heavy atom. The number of rotatable bonds is 7. The van der Waals surface area contributed by atoms with Crippen LogP contribution in [0.15, 0.2) is 18.2 Å². The molecule has 0 spiro atoms. The highest BCUT2D eigenvalue weighted by Crippen LogP contribution is 2.32. The summed E-state index contributed by atoms with van der Waals surface area (Å²) in [6, 6.07) is 5.26. The Kier molecular flexibility index (Phi) is 4.94. The van der Waals surface area contributed by atoms with Crippen LogP contribution in [0.3, 0.4) is 0 Å². The number of nitrogens with zero attached hydrogens (tertiary/aromatic N) is 1. The van der Waals surface area contributed by atoms with Crippen molar-refractivity contribution in [3.05, 3.63) is 23.8 Å². The van der Waals surface area contributed by atoms with E-state index in [-0.39, 0.29) is 5.91 Å². The zero-order valence-electron chi connectivity index (χ0n) is 11.9. The molecule has 1 aromatic rings. The van der Waals surface area contributed by atoms with Gasteiger partial charge in [0.25, 0.3) is 0 Å². The van der Waals surface area contributed by atoms with Gasteiger partial charge < -0.3 is 25.4 Å². The van der Waals surface area contributed by atoms with Crippen LogP contribution >= 0.6 is 0 Å². The minimum atomic E-state index is -0.564. The van der Waals surface area contributed by atoms with Crippen LogP contribution in [0.1, 0.15) is 11.6 Å². The Hall–Kier alpha value is -1.63. The molecule has 0 aliphatic carbocycles. The summed E-state index contributed by atoms with van der Waals surface area (Å²) in [5, 5.41) is 2.80. The maximum absolute atomic E-state index is 11.6. The fourth-order valence-electron chi connectivity index (χ4n) is 2.25. The quantitative estimate of drug-likeness (QED) is 0.770. The minimum absolute atomic E-state index is 0.155. The standard InChI is InChI=1S/C14H21N3O3/c1-19-7-5-17(6-8-20-2)10-3-4-11-12(9-10)16-14(18)13(11)15/h3-4,9,13H,5-8,15H2,1-2H3,(H,16,18). The normalized spacial score (nSPS) is 16.9. The van der Waals surface area contributed by atoms with Gasteiger partial charge in [0.15, 0.2) is 0 Å². The molecule has 0 saturated carbocycles. The molecule has 1 unspecified atom stereocenters. The zero-order valence-corrected chi connectivity index (χ0v) is 11.9. The smallest absolute Gasteiger partial charge is 0.245 e. The van der Waals surface area contributed by atoms with Crippen LogP contribution in [0.5, 0.6) is 0 Å². The number of hydrogen-bond donors (Lipinski definition) is 2. The van der Waals surface area contributed by atoms with E-state index < -0.39 is 6.04 Å². The summed E-state index contributed by atoms with van der Waals surface area (Å²) in [5.74, 6) is -0.155. The molecule has 3 N–H and O–H groups in total. The molecule has 0 fully saturated rings. The van der Waals surface area contributed by atoms with E-state index in [1.807, 2.05) is 18.2 Å². The van der Waals surface area contributed by atoms with Crippen LogP contribution in [0.4, 0.5) is 11.4 Å². The number of carbonyl (C=O) groups is 1. The Labute approximate surface area is 118 Å². The molecule has 0 radical (unpaired) electrons. The van der Waals surface area contributed by atoms with Crippen molar-refractivity contribution in [2.24, 2.45) is 5.73 Å². The molecule has 2 rings (SSSR count). The number of nitrogens with one attached hydrogen (secondary N) is 1. The third-order valence-corrected chi connectivity index (χ3v) is 3.41. The number of methoxy groups -OCH3 is 2. The predicted molar refractivity (Wildman–Crippen MR) is 78.0 cm³/mol. The lowest BCUT2D eigenvalue weighted by Crippen LogP contribution is -2.30. The van der Waals surface area contributed by atoms with Crippen LogP contribution < -0.4 is 16.0 Å². The van der Waals surface area contributed by atoms with Crippen LogP contribution in [0, 0.1) is 0 Å². The van der Waals surface area contributed by atoms with Crippen molar-refractivity contribution in [3.8, 4) is 0 Å². The summed E-state index contributed by atoms with van der Waals surface area (Å²) >= 11 is 0. The van der Waals surface area contributed by atoms with Crippen molar-refractivity contribution < 1.29 is 14.3 Å². The summed E-state index contributed by atoms with van der Waals surface area (Å²) in [4.78, 5) is 13.7. The van der Waals surface area contributed by atoms with Gasteiger partial charge in [-0.1, -0.05) is 6.07 Å². The van der Waals surface area contributed by atoms with E-state index in [1.165, 1.54) is 0 Å². The lowest BCUT2D eigenvalue weighted by molar-refractivity contribution is -0.116. The number of hydrogen-bond acceptors (Lipinski definition) is 5. The second-order valence-corrected chi connectivity index (χ2v) is 4.71. The van der Waals surface area contributed by atoms with Gasteiger partial charge in [-0.15, -0.1) is 0 Å². The number of anilines is 2. The molecule has 1 aliphatic heterocycles. The molecule has 110 valence electrons. The first kappa shape index (κ1) is 14.8. The fraction of sp³-hybridized carbons (Fsp3) is 0.500. The summed E-state index contributed by atoms with van der Waals surface area (Å²) in [6.07, 6.45) is 0. The second-order valence-electron chi connectivity index (χ2n) is 4.71. The van der Waals surface area contributed by atoms with Gasteiger partial charge >= 0.3 is 0 Å². The van der Waals surface area contributed by atoms with Crippen LogP contribution in [0.25, 0.3) is 0 Å². The molecule has 1 amide bonds. The van der Waals surface area contributed by atoms with Crippen molar-refractivity contribution in [2.75, 3.05) is 50.7 Å². The van der Waals surface area contributed by atoms with Gasteiger partial charge in [-0.05, 0) is 12.1 Å². The summed E-state index contributed by atoms with van der Waals surface area (Å²) in [5.41, 5.74) is 8.47. The average molecular weight is 279 g/mol. The molecule has 1 aromatic carbocycles. The van der Waals surface area contributed by atoms with Gasteiger partial charge in [-0.3, -0.25) is 4.79 Å². The first-order chi connectivity index (χ1) is 9.67. The predicted octanol–water partition coefficient (Wildman–Crippen LogP) is 0.738. The van der Waals surface area contributed by atoms with Crippen LogP contribution in [0.2, 0.25) is 0 Å². The Morgan fingerprint density at radius 1 is 1.25 bits per heavy atom. The van der Waals surface area contributed by atoms with E-state index >= 15 is 0 Å². The molecule has 20 heavy (non-hydrogen) atoms. The van der Waals surface area contributed by atoms with E-state index in [1.54, 1.807) is 14.2 Å². The highest BCUT2D eigenvalue weighted by Gasteiger charge is 2.27. The minimum Gasteiger partial charge on any atom is -0.383 e. The molecule has 1 heterocycles. The van der Waals surface area contributed by atoms with Gasteiger partial charge in [0, 0.05) is 44.2 Å². The van der Waals surface area contributed by atoms with E-state index in [0.717, 1.165) is 30.0 Å². The number of fused-ring (bicyclic) bond motifs is 1. The Balaban J connectivity index is 2.17. The summed E-state index contributed by atoms with van der Waals surface area (Å²) in [7, 11) is 3.35. The van der Waals surface area contributed by atoms with Crippen molar-refractivity contribution in [1.82, 2.24) is 0 Å². The Bertz CT molecular complexity index is 471. The number of carbonyl (C=O) groups excluding carboxylic acids is 1. The van der Waals surface area contributed by atoms with Crippen molar-refractivity contribution in [3.63, 3.8) is 0 Å². The molecule has 1 atom stereocenters. The average Bonchev–Trinajstić information content (AvgIpc) is 2.74. The monoisotopic (exact) mass is 279 g/mol. The second kappa shape index (κ2) is 6.69. The third kappa shape index (κ3) is 3.09. The van der Waals surface area contributed by atoms with Crippen molar-refractivity contribution >= 4 is 17.3 Å². The summed E-state index contributed by atoms with van der Waals surface area (Å²) < 4.78 is 10.3.